The number of esters is 4. The minimum absolute atomic E-state index is 0.102. The van der Waals surface area contributed by atoms with Crippen molar-refractivity contribution in [3.8, 4) is 0 Å². The number of phosphoric ester groups is 2. The molecule has 0 bridgehead atoms. The van der Waals surface area contributed by atoms with Crippen molar-refractivity contribution in [2.45, 2.75) is 406 Å². The summed E-state index contributed by atoms with van der Waals surface area (Å²) in [6.45, 7) is 7.22. The summed E-state index contributed by atoms with van der Waals surface area (Å²) in [6, 6.07) is 0. The fourth-order valence-electron chi connectivity index (χ4n) is 11.5. The first-order chi connectivity index (χ1) is 47.0. The van der Waals surface area contributed by atoms with E-state index in [4.69, 9.17) is 37.0 Å². The van der Waals surface area contributed by atoms with Gasteiger partial charge < -0.3 is 33.8 Å². The normalized spacial score (nSPS) is 14.1. The summed E-state index contributed by atoms with van der Waals surface area (Å²) in [5.74, 6) is -1.39. The highest BCUT2D eigenvalue weighted by Crippen LogP contribution is 2.45. The Labute approximate surface area is 592 Å². The van der Waals surface area contributed by atoms with Crippen LogP contribution in [0.5, 0.6) is 0 Å². The van der Waals surface area contributed by atoms with Crippen LogP contribution in [0.15, 0.2) is 24.3 Å². The van der Waals surface area contributed by atoms with Crippen LogP contribution in [0.2, 0.25) is 0 Å². The molecule has 0 aromatic rings. The molecule has 3 N–H and O–H groups in total. The molecule has 0 aliphatic carbocycles. The van der Waals surface area contributed by atoms with E-state index in [9.17, 15) is 43.2 Å². The van der Waals surface area contributed by atoms with Gasteiger partial charge in [-0.1, -0.05) is 335 Å². The summed E-state index contributed by atoms with van der Waals surface area (Å²) in [7, 11) is -9.92. The quantitative estimate of drug-likeness (QED) is 0.0169. The number of carbonyl (C=O) groups excluding carboxylic acids is 4. The molecule has 0 saturated heterocycles. The average molecular weight is 1420 g/mol. The number of aliphatic hydroxyl groups is 1. The van der Waals surface area contributed by atoms with Gasteiger partial charge in [0, 0.05) is 25.7 Å². The second-order valence-electron chi connectivity index (χ2n) is 27.9. The molecule has 0 rings (SSSR count). The van der Waals surface area contributed by atoms with Crippen LogP contribution in [-0.4, -0.2) is 96.7 Å². The van der Waals surface area contributed by atoms with Crippen LogP contribution in [-0.2, 0) is 65.4 Å². The zero-order valence-corrected chi connectivity index (χ0v) is 64.5. The van der Waals surface area contributed by atoms with Gasteiger partial charge in [0.1, 0.15) is 19.3 Å². The van der Waals surface area contributed by atoms with Gasteiger partial charge in [-0.3, -0.25) is 37.3 Å². The highest BCUT2D eigenvalue weighted by atomic mass is 31.2. The third kappa shape index (κ3) is 71.7. The Morgan fingerprint density at radius 1 is 0.320 bits per heavy atom. The Hall–Kier alpha value is -2.46. The fraction of sp³-hybridized carbons (Fsp3) is 0.897. The summed E-state index contributed by atoms with van der Waals surface area (Å²) in [5, 5.41) is 10.6. The first kappa shape index (κ1) is 94.5. The predicted molar refractivity (Wildman–Crippen MR) is 395 cm³/mol. The Bertz CT molecular complexity index is 1950. The van der Waals surface area contributed by atoms with Gasteiger partial charge in [-0.25, -0.2) is 9.13 Å². The van der Waals surface area contributed by atoms with Crippen molar-refractivity contribution in [2.75, 3.05) is 39.6 Å². The second kappa shape index (κ2) is 70.6. The molecule has 0 aliphatic rings. The first-order valence-electron chi connectivity index (χ1n) is 40.0. The predicted octanol–water partition coefficient (Wildman–Crippen LogP) is 22.8. The number of carbonyl (C=O) groups is 4. The molecular weight excluding hydrogens is 1270 g/mol. The van der Waals surface area contributed by atoms with Gasteiger partial charge >= 0.3 is 39.5 Å². The highest BCUT2D eigenvalue weighted by molar-refractivity contribution is 7.47. The number of aliphatic hydroxyl groups excluding tert-OH is 1. The monoisotopic (exact) mass is 1420 g/mol. The molecule has 572 valence electrons. The lowest BCUT2D eigenvalue weighted by molar-refractivity contribution is -0.161. The van der Waals surface area contributed by atoms with E-state index in [2.05, 4.69) is 58.9 Å². The topological polar surface area (TPSA) is 237 Å². The van der Waals surface area contributed by atoms with Crippen molar-refractivity contribution < 1.29 is 80.2 Å². The number of hydrogen-bond acceptors (Lipinski definition) is 15. The molecule has 0 aliphatic heterocycles. The second-order valence-corrected chi connectivity index (χ2v) is 30.8. The van der Waals surface area contributed by atoms with Crippen LogP contribution in [0.3, 0.4) is 0 Å². The van der Waals surface area contributed by atoms with Gasteiger partial charge in [-0.15, -0.1) is 0 Å². The van der Waals surface area contributed by atoms with Crippen molar-refractivity contribution >= 4 is 39.5 Å². The van der Waals surface area contributed by atoms with Crippen LogP contribution in [0.1, 0.15) is 388 Å². The van der Waals surface area contributed by atoms with E-state index in [1.54, 1.807) is 0 Å². The van der Waals surface area contributed by atoms with Crippen LogP contribution in [0.4, 0.5) is 0 Å². The van der Waals surface area contributed by atoms with E-state index < -0.39 is 97.5 Å². The van der Waals surface area contributed by atoms with E-state index in [1.165, 1.54) is 193 Å². The van der Waals surface area contributed by atoms with E-state index >= 15 is 0 Å². The maximum Gasteiger partial charge on any atom is 0.472 e. The van der Waals surface area contributed by atoms with Crippen LogP contribution in [0.25, 0.3) is 0 Å². The molecule has 0 aromatic heterocycles. The zero-order chi connectivity index (χ0) is 71.2. The van der Waals surface area contributed by atoms with E-state index in [0.717, 1.165) is 115 Å². The molecule has 19 heteroatoms. The highest BCUT2D eigenvalue weighted by Gasteiger charge is 2.30. The molecule has 0 fully saturated rings. The third-order valence-corrected chi connectivity index (χ3v) is 19.6. The molecule has 0 heterocycles. The van der Waals surface area contributed by atoms with Gasteiger partial charge in [0.25, 0.3) is 0 Å². The molecule has 97 heavy (non-hydrogen) atoms. The third-order valence-electron chi connectivity index (χ3n) is 17.7. The van der Waals surface area contributed by atoms with Crippen molar-refractivity contribution in [3.05, 3.63) is 24.3 Å². The number of phosphoric acid groups is 2. The summed E-state index contributed by atoms with van der Waals surface area (Å²) >= 11 is 0. The Morgan fingerprint density at radius 2 is 0.557 bits per heavy atom. The summed E-state index contributed by atoms with van der Waals surface area (Å²) in [5.41, 5.74) is 0. The molecule has 0 saturated carbocycles. The number of hydrogen-bond donors (Lipinski definition) is 3. The van der Waals surface area contributed by atoms with E-state index in [-0.39, 0.29) is 25.7 Å². The van der Waals surface area contributed by atoms with Crippen LogP contribution >= 0.6 is 15.6 Å². The molecule has 5 atom stereocenters. The SMILES string of the molecule is CCCCCC/C=C\C=C/CCCCCCCC(=O)OC[C@H](COP(=O)(O)OC[C@@H](O)COP(=O)(O)OC[C@@H](COC(=O)CCCCCCCCCCCC)OC(=O)CCCCCCCCCCCCC(C)C)OC(=O)CCCCCCCCCCCCCCCCCCCCC. The van der Waals surface area contributed by atoms with Gasteiger partial charge in [-0.05, 0) is 57.3 Å². The van der Waals surface area contributed by atoms with Gasteiger partial charge in [0.05, 0.1) is 26.4 Å². The van der Waals surface area contributed by atoms with Crippen molar-refractivity contribution in [2.24, 2.45) is 5.92 Å². The lowest BCUT2D eigenvalue weighted by Crippen LogP contribution is -2.30. The number of rotatable bonds is 76. The molecule has 17 nitrogen and oxygen atoms in total. The van der Waals surface area contributed by atoms with Crippen LogP contribution < -0.4 is 0 Å². The fourth-order valence-corrected chi connectivity index (χ4v) is 13.1. The van der Waals surface area contributed by atoms with Crippen molar-refractivity contribution in [3.63, 3.8) is 0 Å². The minimum Gasteiger partial charge on any atom is -0.462 e. The lowest BCUT2D eigenvalue weighted by atomic mass is 10.0. The Balaban J connectivity index is 5.27. The lowest BCUT2D eigenvalue weighted by Gasteiger charge is -2.21. The molecule has 0 aromatic carbocycles. The molecular formula is C78H148O17P2. The van der Waals surface area contributed by atoms with Crippen molar-refractivity contribution in [1.82, 2.24) is 0 Å². The molecule has 0 spiro atoms. The Morgan fingerprint density at radius 3 is 0.845 bits per heavy atom. The number of unbranched alkanes of at least 4 members (excludes halogenated alkanes) is 45. The zero-order valence-electron chi connectivity index (χ0n) is 62.7. The van der Waals surface area contributed by atoms with Gasteiger partial charge in [0.15, 0.2) is 12.2 Å². The number of allylic oxidation sites excluding steroid dienone is 4. The molecule has 0 amide bonds. The van der Waals surface area contributed by atoms with E-state index in [0.29, 0.717) is 25.7 Å². The summed E-state index contributed by atoms with van der Waals surface area (Å²) < 4.78 is 68.5. The molecule has 0 radical (unpaired) electrons. The maximum absolute atomic E-state index is 13.1. The van der Waals surface area contributed by atoms with Crippen LogP contribution in [0, 0.1) is 5.92 Å². The molecule has 2 unspecified atom stereocenters. The number of ether oxygens (including phenoxy) is 4. The van der Waals surface area contributed by atoms with E-state index in [1.807, 2.05) is 0 Å². The minimum atomic E-state index is -4.97. The maximum atomic E-state index is 13.1. The van der Waals surface area contributed by atoms with Gasteiger partial charge in [0.2, 0.25) is 0 Å². The summed E-state index contributed by atoms with van der Waals surface area (Å²) in [4.78, 5) is 72.8. The van der Waals surface area contributed by atoms with Crippen molar-refractivity contribution in [1.29, 1.82) is 0 Å². The first-order valence-corrected chi connectivity index (χ1v) is 42.9. The average Bonchev–Trinajstić information content (AvgIpc) is 1.81. The smallest absolute Gasteiger partial charge is 0.462 e. The summed E-state index contributed by atoms with van der Waals surface area (Å²) in [6.07, 6.45) is 63.2. The largest absolute Gasteiger partial charge is 0.472 e. The Kier molecular flexibility index (Phi) is 68.8. The van der Waals surface area contributed by atoms with Gasteiger partial charge in [-0.2, -0.15) is 0 Å². The standard InChI is InChI=1S/C78H148O17P2/c1-6-9-12-15-18-21-24-26-28-29-30-31-33-35-37-43-48-53-58-63-77(82)94-74(68-89-76(81)62-57-52-47-42-36-34-32-27-25-22-19-16-13-10-7-2)70-93-97(86,87)91-66-72(79)65-90-96(84,85)92-69-73(67-88-75(80)61-56-51-46-41-23-20-17-14-11-8-3)95-78(83)64-59-54-49-44-39-38-40-45-50-55-60-71(4)5/h22,25,27,32,71-74,79H,6-21,23-24,26,28-31,33-70H2,1-5H3,(H,84,85)(H,86,87)/b25-22-,32-27-/t72-,73+,74+/m0/s1.